The quantitative estimate of drug-likeness (QED) is 0.471. The smallest absolute Gasteiger partial charge is 0.251 e. The third-order valence-electron chi connectivity index (χ3n) is 11.3. The zero-order valence-corrected chi connectivity index (χ0v) is 25.2. The van der Waals surface area contributed by atoms with Gasteiger partial charge >= 0.3 is 0 Å². The topological polar surface area (TPSA) is 95.9 Å². The lowest BCUT2D eigenvalue weighted by Gasteiger charge is -2.49. The number of benzene rings is 2. The van der Waals surface area contributed by atoms with E-state index in [0.717, 1.165) is 19.3 Å². The summed E-state index contributed by atoms with van der Waals surface area (Å²) in [6.07, 6.45) is 8.47. The molecule has 7 nitrogen and oxygen atoms in total. The summed E-state index contributed by atoms with van der Waals surface area (Å²) in [5.41, 5.74) is 0.723. The Bertz CT molecular complexity index is 1460. The van der Waals surface area contributed by atoms with Crippen LogP contribution >= 0.6 is 0 Å². The van der Waals surface area contributed by atoms with Crippen molar-refractivity contribution in [3.8, 4) is 5.75 Å². The monoisotopic (exact) mass is 578 g/mol. The van der Waals surface area contributed by atoms with Crippen LogP contribution in [0.4, 0.5) is 0 Å². The minimum atomic E-state index is -3.62. The van der Waals surface area contributed by atoms with Crippen molar-refractivity contribution in [2.75, 3.05) is 32.5 Å². The van der Waals surface area contributed by atoms with Crippen molar-refractivity contribution < 1.29 is 23.1 Å². The van der Waals surface area contributed by atoms with Crippen molar-refractivity contribution in [1.82, 2.24) is 9.62 Å². The molecule has 3 fully saturated rings. The summed E-state index contributed by atoms with van der Waals surface area (Å²) in [4.78, 5) is 12.8. The molecule has 41 heavy (non-hydrogen) atoms. The predicted molar refractivity (Wildman–Crippen MR) is 160 cm³/mol. The van der Waals surface area contributed by atoms with Crippen LogP contribution in [0.15, 0.2) is 54.6 Å². The van der Waals surface area contributed by atoms with E-state index in [1.54, 1.807) is 35.7 Å². The lowest BCUT2D eigenvalue weighted by atomic mass is 9.63. The molecule has 2 saturated carbocycles. The molecule has 6 rings (SSSR count). The summed E-state index contributed by atoms with van der Waals surface area (Å²) in [6, 6.07) is 15.3. The van der Waals surface area contributed by atoms with Gasteiger partial charge in [0.15, 0.2) is 0 Å². The highest BCUT2D eigenvalue weighted by Crippen LogP contribution is 2.71. The molecule has 220 valence electrons. The van der Waals surface area contributed by atoms with Crippen molar-refractivity contribution in [2.24, 2.45) is 16.7 Å². The molecular formula is C33H42N2O5S. The lowest BCUT2D eigenvalue weighted by molar-refractivity contribution is -0.0919. The summed E-state index contributed by atoms with van der Waals surface area (Å²) in [7, 11) is -2.04. The maximum Gasteiger partial charge on any atom is 0.251 e. The Morgan fingerprint density at radius 2 is 1.78 bits per heavy atom. The van der Waals surface area contributed by atoms with Crippen LogP contribution in [-0.2, 0) is 15.4 Å². The molecule has 3 atom stereocenters. The van der Waals surface area contributed by atoms with Crippen molar-refractivity contribution >= 4 is 22.0 Å². The van der Waals surface area contributed by atoms with Crippen LogP contribution in [0.5, 0.6) is 5.75 Å². The van der Waals surface area contributed by atoms with Gasteiger partial charge in [0.2, 0.25) is 10.0 Å². The summed E-state index contributed by atoms with van der Waals surface area (Å²) < 4.78 is 35.0. The van der Waals surface area contributed by atoms with Gasteiger partial charge in [-0.3, -0.25) is 4.79 Å². The molecule has 3 aliphatic carbocycles. The first-order valence-electron chi connectivity index (χ1n) is 14.9. The number of fused-ring (bicyclic) bond motifs is 4. The number of methoxy groups -OCH3 is 1. The molecule has 2 bridgehead atoms. The summed E-state index contributed by atoms with van der Waals surface area (Å²) >= 11 is 0. The van der Waals surface area contributed by atoms with Crippen LogP contribution in [0.3, 0.4) is 0 Å². The Morgan fingerprint density at radius 1 is 1.07 bits per heavy atom. The Kier molecular flexibility index (Phi) is 6.91. The Labute approximate surface area is 244 Å². The Balaban J connectivity index is 1.16. The van der Waals surface area contributed by atoms with Crippen molar-refractivity contribution in [2.45, 2.75) is 63.4 Å². The summed E-state index contributed by atoms with van der Waals surface area (Å²) in [5, 5.41) is 15.1. The molecule has 1 spiro atoms. The molecule has 4 aliphatic rings. The van der Waals surface area contributed by atoms with Gasteiger partial charge in [-0.25, -0.2) is 12.7 Å². The number of rotatable bonds is 8. The standard InChI is InChI=1S/C33H42N2O5S/c1-30(2)26-13-15-32(30,33(37,22-26)16-19-34-29(36)25-8-10-27(40-3)11-9-25)23-41(38,39)35-20-17-31(18-21-35)14-12-24-6-4-5-7-28(24)31/h4-12,14,26,37H,13,15-23H2,1-3H3,(H,34,36). The number of nitrogens with one attached hydrogen (secondary N) is 1. The van der Waals surface area contributed by atoms with Crippen molar-refractivity contribution in [3.63, 3.8) is 0 Å². The van der Waals surface area contributed by atoms with Gasteiger partial charge in [-0.1, -0.05) is 50.3 Å². The van der Waals surface area contributed by atoms with Crippen LogP contribution < -0.4 is 10.1 Å². The van der Waals surface area contributed by atoms with Crippen molar-refractivity contribution in [3.05, 3.63) is 71.3 Å². The third kappa shape index (κ3) is 4.45. The fourth-order valence-corrected chi connectivity index (χ4v) is 11.0. The first-order valence-corrected chi connectivity index (χ1v) is 16.5. The molecule has 1 saturated heterocycles. The van der Waals surface area contributed by atoms with E-state index in [0.29, 0.717) is 43.7 Å². The van der Waals surface area contributed by atoms with Gasteiger partial charge in [-0.2, -0.15) is 0 Å². The fourth-order valence-electron chi connectivity index (χ4n) is 8.68. The van der Waals surface area contributed by atoms with Gasteiger partial charge in [0, 0.05) is 36.0 Å². The number of piperidine rings is 1. The largest absolute Gasteiger partial charge is 0.497 e. The molecule has 1 amide bonds. The molecule has 2 N–H and O–H groups in total. The number of carbonyl (C=O) groups is 1. The zero-order valence-electron chi connectivity index (χ0n) is 24.4. The number of carbonyl (C=O) groups excluding carboxylic acids is 1. The van der Waals surface area contributed by atoms with Gasteiger partial charge in [0.25, 0.3) is 5.91 Å². The van der Waals surface area contributed by atoms with E-state index < -0.39 is 21.0 Å². The van der Waals surface area contributed by atoms with Gasteiger partial charge in [0.1, 0.15) is 5.75 Å². The average Bonchev–Trinajstić information content (AvgIpc) is 3.48. The number of hydrogen-bond acceptors (Lipinski definition) is 5. The molecule has 0 aromatic heterocycles. The maximum atomic E-state index is 14.1. The summed E-state index contributed by atoms with van der Waals surface area (Å²) in [5.74, 6) is 0.665. The van der Waals surface area contributed by atoms with Gasteiger partial charge in [0.05, 0.1) is 18.5 Å². The third-order valence-corrected chi connectivity index (χ3v) is 13.4. The Morgan fingerprint density at radius 3 is 2.46 bits per heavy atom. The SMILES string of the molecule is COc1ccc(C(=O)NCCC2(O)CC3CCC2(CS(=O)(=O)N2CCC4(C=Cc5ccccc54)CC2)C3(C)C)cc1. The van der Waals surface area contributed by atoms with E-state index in [-0.39, 0.29) is 35.0 Å². The van der Waals surface area contributed by atoms with E-state index in [9.17, 15) is 18.3 Å². The van der Waals surface area contributed by atoms with Crippen molar-refractivity contribution in [1.29, 1.82) is 0 Å². The van der Waals surface area contributed by atoms with Gasteiger partial charge < -0.3 is 15.2 Å². The number of amides is 1. The number of aliphatic hydroxyl groups is 1. The zero-order chi connectivity index (χ0) is 29.1. The van der Waals surface area contributed by atoms with Crippen LogP contribution in [-0.4, -0.2) is 61.8 Å². The number of nitrogens with zero attached hydrogens (tertiary/aromatic N) is 1. The van der Waals surface area contributed by atoms with Crippen LogP contribution in [0, 0.1) is 16.7 Å². The van der Waals surface area contributed by atoms with E-state index in [2.05, 4.69) is 49.5 Å². The van der Waals surface area contributed by atoms with E-state index in [1.165, 1.54) is 11.1 Å². The van der Waals surface area contributed by atoms with Crippen LogP contribution in [0.2, 0.25) is 0 Å². The predicted octanol–water partition coefficient (Wildman–Crippen LogP) is 4.76. The van der Waals surface area contributed by atoms with E-state index in [1.807, 2.05) is 6.07 Å². The van der Waals surface area contributed by atoms with E-state index >= 15 is 0 Å². The molecule has 1 aliphatic heterocycles. The second kappa shape index (κ2) is 9.96. The first-order chi connectivity index (χ1) is 19.5. The highest BCUT2D eigenvalue weighted by atomic mass is 32.2. The molecule has 2 aromatic carbocycles. The number of ether oxygens (including phenoxy) is 1. The second-order valence-electron chi connectivity index (χ2n) is 13.2. The molecule has 1 heterocycles. The molecule has 0 radical (unpaired) electrons. The molecule has 2 aromatic rings. The fraction of sp³-hybridized carbons (Fsp3) is 0.545. The molecule has 3 unspecified atom stereocenters. The molecular weight excluding hydrogens is 536 g/mol. The van der Waals surface area contributed by atoms with Gasteiger partial charge in [-0.05, 0) is 85.3 Å². The minimum absolute atomic E-state index is 0.0497. The number of allylic oxidation sites excluding steroid dienone is 1. The van der Waals surface area contributed by atoms with Crippen LogP contribution in [0.1, 0.15) is 73.9 Å². The minimum Gasteiger partial charge on any atom is -0.497 e. The highest BCUT2D eigenvalue weighted by molar-refractivity contribution is 7.89. The molecule has 8 heteroatoms. The second-order valence-corrected chi connectivity index (χ2v) is 15.2. The normalized spacial score (nSPS) is 29.5. The highest BCUT2D eigenvalue weighted by Gasteiger charge is 2.71. The first kappa shape index (κ1) is 28.4. The van der Waals surface area contributed by atoms with Crippen LogP contribution in [0.25, 0.3) is 6.08 Å². The van der Waals surface area contributed by atoms with Gasteiger partial charge in [-0.15, -0.1) is 0 Å². The lowest BCUT2D eigenvalue weighted by Crippen LogP contribution is -2.57. The average molecular weight is 579 g/mol. The maximum absolute atomic E-state index is 14.1. The number of hydrogen-bond donors (Lipinski definition) is 2. The summed E-state index contributed by atoms with van der Waals surface area (Å²) in [6.45, 7) is 5.53. The van der Waals surface area contributed by atoms with E-state index in [4.69, 9.17) is 4.74 Å². The number of sulfonamides is 1. The Hall–Kier alpha value is -2.68.